The molecule has 7 nitrogen and oxygen atoms in total. The quantitative estimate of drug-likeness (QED) is 0.289. The third-order valence-electron chi connectivity index (χ3n) is 5.06. The lowest BCUT2D eigenvalue weighted by atomic mass is 10.1. The van der Waals surface area contributed by atoms with E-state index in [0.717, 1.165) is 25.3 Å². The molecule has 1 aliphatic heterocycles. The van der Waals surface area contributed by atoms with E-state index in [9.17, 15) is 8.42 Å². The number of aryl methyl sites for hydroxylation is 1. The van der Waals surface area contributed by atoms with Gasteiger partial charge in [-0.05, 0) is 37.8 Å². The molecule has 0 aromatic heterocycles. The Labute approximate surface area is 199 Å². The van der Waals surface area contributed by atoms with E-state index in [0.29, 0.717) is 26.2 Å². The number of aliphatic imine (C=N–C) groups is 1. The van der Waals surface area contributed by atoms with Crippen LogP contribution >= 0.6 is 24.0 Å². The number of rotatable bonds is 9. The van der Waals surface area contributed by atoms with Gasteiger partial charge in [0.25, 0.3) is 0 Å². The van der Waals surface area contributed by atoms with E-state index in [2.05, 4.69) is 46.4 Å². The van der Waals surface area contributed by atoms with E-state index in [1.54, 1.807) is 11.4 Å². The first kappa shape index (κ1) is 27.1. The molecule has 1 heterocycles. The topological polar surface area (TPSA) is 74.2 Å². The van der Waals surface area contributed by atoms with Crippen molar-refractivity contribution in [3.63, 3.8) is 0 Å². The Hall–Kier alpha value is -0.910. The summed E-state index contributed by atoms with van der Waals surface area (Å²) in [7, 11) is -1.50. The van der Waals surface area contributed by atoms with E-state index in [1.807, 2.05) is 13.8 Å². The van der Waals surface area contributed by atoms with Crippen molar-refractivity contribution in [1.29, 1.82) is 0 Å². The van der Waals surface area contributed by atoms with Crippen molar-refractivity contribution in [2.24, 2.45) is 4.99 Å². The molecule has 0 bridgehead atoms. The Morgan fingerprint density at radius 3 is 2.27 bits per heavy atom. The van der Waals surface area contributed by atoms with Crippen LogP contribution in [0.1, 0.15) is 31.9 Å². The zero-order chi connectivity index (χ0) is 21.3. The molecule has 30 heavy (non-hydrogen) atoms. The van der Waals surface area contributed by atoms with Gasteiger partial charge in [-0.1, -0.05) is 31.2 Å². The lowest BCUT2D eigenvalue weighted by Crippen LogP contribution is -2.54. The molecule has 0 aliphatic carbocycles. The Kier molecular flexibility index (Phi) is 12.2. The Bertz CT molecular complexity index is 746. The standard InChI is InChI=1S/C21H36N4O3S.HI/c1-5-19-6-8-20(9-7-19)10-11-23-21(22-4)24-12-14-25(15-13-24)29(26,27)17-16-28-18(2)3;/h6-9,18H,5,10-17H2,1-4H3,(H,22,23);1H. The van der Waals surface area contributed by atoms with Crippen LogP contribution in [0.3, 0.4) is 0 Å². The summed E-state index contributed by atoms with van der Waals surface area (Å²) in [4.78, 5) is 6.49. The normalized spacial score (nSPS) is 15.9. The van der Waals surface area contributed by atoms with Crippen LogP contribution in [0.5, 0.6) is 0 Å². The summed E-state index contributed by atoms with van der Waals surface area (Å²) in [6.45, 7) is 9.22. The van der Waals surface area contributed by atoms with Gasteiger partial charge >= 0.3 is 0 Å². The fraction of sp³-hybridized carbons (Fsp3) is 0.667. The van der Waals surface area contributed by atoms with Gasteiger partial charge < -0.3 is 15.0 Å². The number of hydrogen-bond acceptors (Lipinski definition) is 4. The number of hydrogen-bond donors (Lipinski definition) is 1. The monoisotopic (exact) mass is 552 g/mol. The number of nitrogens with zero attached hydrogens (tertiary/aromatic N) is 3. The zero-order valence-corrected chi connectivity index (χ0v) is 21.8. The van der Waals surface area contributed by atoms with E-state index in [-0.39, 0.29) is 42.4 Å². The summed E-state index contributed by atoms with van der Waals surface area (Å²) in [5, 5.41) is 3.40. The fourth-order valence-electron chi connectivity index (χ4n) is 3.29. The summed E-state index contributed by atoms with van der Waals surface area (Å²) in [5.41, 5.74) is 2.64. The van der Waals surface area contributed by atoms with Crippen LogP contribution in [0, 0.1) is 0 Å². The van der Waals surface area contributed by atoms with E-state index >= 15 is 0 Å². The molecule has 1 aromatic carbocycles. The molecule has 0 radical (unpaired) electrons. The van der Waals surface area contributed by atoms with Gasteiger partial charge in [-0.25, -0.2) is 8.42 Å². The van der Waals surface area contributed by atoms with Crippen LogP contribution in [0.4, 0.5) is 0 Å². The minimum Gasteiger partial charge on any atom is -0.378 e. The number of guanidine groups is 1. The molecule has 0 saturated carbocycles. The minimum atomic E-state index is -3.27. The van der Waals surface area contributed by atoms with Crippen LogP contribution in [-0.2, 0) is 27.6 Å². The van der Waals surface area contributed by atoms with Crippen molar-refractivity contribution in [3.05, 3.63) is 35.4 Å². The van der Waals surface area contributed by atoms with Gasteiger partial charge in [0.15, 0.2) is 5.96 Å². The first-order chi connectivity index (χ1) is 13.9. The van der Waals surface area contributed by atoms with Crippen LogP contribution in [0.15, 0.2) is 29.3 Å². The average Bonchev–Trinajstić information content (AvgIpc) is 2.71. The molecule has 0 atom stereocenters. The second kappa shape index (κ2) is 13.5. The van der Waals surface area contributed by atoms with Crippen LogP contribution in [-0.4, -0.2) is 81.8 Å². The molecule has 1 fully saturated rings. The second-order valence-electron chi connectivity index (χ2n) is 7.52. The Balaban J connectivity index is 0.00000450. The van der Waals surface area contributed by atoms with Crippen molar-refractivity contribution in [2.75, 3.05) is 52.1 Å². The largest absolute Gasteiger partial charge is 0.378 e. The van der Waals surface area contributed by atoms with Gasteiger partial charge in [-0.15, -0.1) is 24.0 Å². The summed E-state index contributed by atoms with van der Waals surface area (Å²) in [6.07, 6.45) is 2.02. The minimum absolute atomic E-state index is 0. The zero-order valence-electron chi connectivity index (χ0n) is 18.6. The number of nitrogens with one attached hydrogen (secondary N) is 1. The Morgan fingerprint density at radius 1 is 1.13 bits per heavy atom. The maximum absolute atomic E-state index is 12.5. The number of piperazine rings is 1. The number of ether oxygens (including phenoxy) is 1. The van der Waals surface area contributed by atoms with Crippen molar-refractivity contribution >= 4 is 40.0 Å². The molecule has 1 aliphatic rings. The first-order valence-corrected chi connectivity index (χ1v) is 12.1. The van der Waals surface area contributed by atoms with Gasteiger partial charge in [0, 0.05) is 39.8 Å². The number of benzene rings is 1. The molecule has 9 heteroatoms. The number of halogens is 1. The molecule has 0 unspecified atom stereocenters. The molecule has 0 spiro atoms. The maximum Gasteiger partial charge on any atom is 0.216 e. The Morgan fingerprint density at radius 2 is 1.73 bits per heavy atom. The molecular formula is C21H37IN4O3S. The highest BCUT2D eigenvalue weighted by Gasteiger charge is 2.27. The van der Waals surface area contributed by atoms with E-state index in [4.69, 9.17) is 4.74 Å². The van der Waals surface area contributed by atoms with Gasteiger partial charge in [0.05, 0.1) is 18.5 Å². The maximum atomic E-state index is 12.5. The highest BCUT2D eigenvalue weighted by molar-refractivity contribution is 14.0. The van der Waals surface area contributed by atoms with Gasteiger partial charge in [-0.3, -0.25) is 4.99 Å². The fourth-order valence-corrected chi connectivity index (χ4v) is 4.57. The SMILES string of the molecule is CCc1ccc(CCNC(=NC)N2CCN(S(=O)(=O)CCOC(C)C)CC2)cc1.I. The third kappa shape index (κ3) is 8.68. The lowest BCUT2D eigenvalue weighted by Gasteiger charge is -2.35. The average molecular weight is 553 g/mol. The summed E-state index contributed by atoms with van der Waals surface area (Å²) in [5.74, 6) is 0.866. The summed E-state index contributed by atoms with van der Waals surface area (Å²) in [6, 6.07) is 8.71. The molecular weight excluding hydrogens is 515 g/mol. The van der Waals surface area contributed by atoms with E-state index < -0.39 is 10.0 Å². The third-order valence-corrected chi connectivity index (χ3v) is 6.90. The molecule has 2 rings (SSSR count). The van der Waals surface area contributed by atoms with Gasteiger partial charge in [-0.2, -0.15) is 4.31 Å². The smallest absolute Gasteiger partial charge is 0.216 e. The second-order valence-corrected chi connectivity index (χ2v) is 9.60. The molecule has 1 aromatic rings. The van der Waals surface area contributed by atoms with Crippen molar-refractivity contribution in [2.45, 2.75) is 39.7 Å². The highest BCUT2D eigenvalue weighted by Crippen LogP contribution is 2.09. The molecule has 172 valence electrons. The summed E-state index contributed by atoms with van der Waals surface area (Å²) >= 11 is 0. The van der Waals surface area contributed by atoms with Gasteiger partial charge in [0.2, 0.25) is 10.0 Å². The van der Waals surface area contributed by atoms with E-state index in [1.165, 1.54) is 11.1 Å². The molecule has 0 amide bonds. The summed E-state index contributed by atoms with van der Waals surface area (Å²) < 4.78 is 31.9. The van der Waals surface area contributed by atoms with Crippen LogP contribution in [0.25, 0.3) is 0 Å². The highest BCUT2D eigenvalue weighted by atomic mass is 127. The molecule has 1 N–H and O–H groups in total. The van der Waals surface area contributed by atoms with Crippen molar-refractivity contribution in [3.8, 4) is 0 Å². The van der Waals surface area contributed by atoms with Gasteiger partial charge in [0.1, 0.15) is 0 Å². The van der Waals surface area contributed by atoms with Crippen molar-refractivity contribution < 1.29 is 13.2 Å². The molecule has 1 saturated heterocycles. The van der Waals surface area contributed by atoms with Crippen molar-refractivity contribution in [1.82, 2.24) is 14.5 Å². The predicted molar refractivity (Wildman–Crippen MR) is 134 cm³/mol. The van der Waals surface area contributed by atoms with Crippen LogP contribution in [0.2, 0.25) is 0 Å². The number of sulfonamides is 1. The lowest BCUT2D eigenvalue weighted by molar-refractivity contribution is 0.0904. The first-order valence-electron chi connectivity index (χ1n) is 10.5. The predicted octanol–water partition coefficient (Wildman–Crippen LogP) is 2.36. The van der Waals surface area contributed by atoms with Crippen LogP contribution < -0.4 is 5.32 Å².